The van der Waals surface area contributed by atoms with Gasteiger partial charge in [-0.1, -0.05) is 157 Å². The van der Waals surface area contributed by atoms with Crippen molar-refractivity contribution in [3.8, 4) is 0 Å². The summed E-state index contributed by atoms with van der Waals surface area (Å²) in [6, 6.07) is 5.62. The molecule has 21 heteroatoms. The van der Waals surface area contributed by atoms with Crippen molar-refractivity contribution in [3.63, 3.8) is 0 Å². The molecule has 0 aliphatic heterocycles. The van der Waals surface area contributed by atoms with Gasteiger partial charge >= 0.3 is 0 Å². The summed E-state index contributed by atoms with van der Waals surface area (Å²) in [5, 5.41) is -3.00. The molecule has 6 aliphatic carbocycles. The van der Waals surface area contributed by atoms with Crippen LogP contribution < -0.4 is 0 Å². The van der Waals surface area contributed by atoms with Gasteiger partial charge in [0.1, 0.15) is 29.2 Å². The van der Waals surface area contributed by atoms with Crippen LogP contribution in [0.3, 0.4) is 0 Å². The average Bonchev–Trinajstić information content (AvgIpc) is 3.45. The Balaban J connectivity index is 1.33. The minimum Gasteiger partial charge on any atom is -0.120 e. The summed E-state index contributed by atoms with van der Waals surface area (Å²) in [5.41, 5.74) is 2.04. The second kappa shape index (κ2) is 13.0. The number of rotatable bonds is 6. The van der Waals surface area contributed by atoms with Crippen LogP contribution in [0.1, 0.15) is 16.7 Å². The van der Waals surface area contributed by atoms with Crippen molar-refractivity contribution < 1.29 is 0 Å². The summed E-state index contributed by atoms with van der Waals surface area (Å²) in [4.78, 5) is -10.1. The number of halogens is 21. The zero-order valence-electron chi connectivity index (χ0n) is 24.3. The van der Waals surface area contributed by atoms with Gasteiger partial charge in [-0.15, -0.1) is 104 Å². The first-order chi connectivity index (χ1) is 23.1. The van der Waals surface area contributed by atoms with Gasteiger partial charge in [-0.25, -0.2) is 0 Å². The lowest BCUT2D eigenvalue weighted by molar-refractivity contribution is 0.456. The SMILES string of the molecule is ClC1=C(Cl)C2(Cl)C(Cc3cc(CC4C(Cl)C5(Cl)C(Cl)=C(Cl)C4(Cl)C5(Cl)Cl)cc(CC4C(Cl)C5(Cl)C(Cl)=C(Cl)C4(Cl)C5(Cl)Cl)c3)C(Cl)C1(Cl)C2(Cl)Cl. The molecule has 51 heavy (non-hydrogen) atoms. The molecule has 3 saturated carbocycles. The van der Waals surface area contributed by atoms with Gasteiger partial charge in [-0.2, -0.15) is 0 Å². The molecular formula is C30H15Cl21. The average molecular weight is 1120 g/mol. The summed E-state index contributed by atoms with van der Waals surface area (Å²) in [5.74, 6) is -2.21. The minimum absolute atomic E-state index is 0.00577. The van der Waals surface area contributed by atoms with E-state index in [1.807, 2.05) is 18.2 Å². The summed E-state index contributed by atoms with van der Waals surface area (Å²) in [6.07, 6.45) is 0.453. The van der Waals surface area contributed by atoms with Crippen molar-refractivity contribution in [1.82, 2.24) is 0 Å². The number of fused-ring (bicyclic) bond motifs is 6. The van der Waals surface area contributed by atoms with Crippen LogP contribution in [0.15, 0.2) is 48.4 Å². The topological polar surface area (TPSA) is 0 Å². The van der Waals surface area contributed by atoms with Gasteiger partial charge in [0.2, 0.25) is 0 Å². The van der Waals surface area contributed by atoms with E-state index in [4.69, 9.17) is 244 Å². The van der Waals surface area contributed by atoms with Crippen molar-refractivity contribution in [2.24, 2.45) is 17.8 Å². The maximum Gasteiger partial charge on any atom is 0.168 e. The van der Waals surface area contributed by atoms with E-state index in [-0.39, 0.29) is 49.5 Å². The maximum absolute atomic E-state index is 7.17. The Morgan fingerprint density at radius 2 is 0.510 bits per heavy atom. The first-order valence-electron chi connectivity index (χ1n) is 14.6. The fourth-order valence-corrected chi connectivity index (χ4v) is 19.9. The predicted molar refractivity (Wildman–Crippen MR) is 228 cm³/mol. The van der Waals surface area contributed by atoms with Gasteiger partial charge in [0, 0.05) is 17.8 Å². The van der Waals surface area contributed by atoms with Crippen molar-refractivity contribution in [2.45, 2.75) is 77.6 Å². The molecule has 0 radical (unpaired) electrons. The van der Waals surface area contributed by atoms with E-state index in [1.165, 1.54) is 0 Å². The molecule has 1 aromatic rings. The molecule has 1 aromatic carbocycles. The highest BCUT2D eigenvalue weighted by Gasteiger charge is 2.84. The van der Waals surface area contributed by atoms with E-state index in [0.717, 1.165) is 0 Å². The summed E-state index contributed by atoms with van der Waals surface area (Å²) in [7, 11) is 0. The van der Waals surface area contributed by atoms with Crippen molar-refractivity contribution in [2.75, 3.05) is 0 Å². The molecule has 0 spiro atoms. The molecule has 0 saturated heterocycles. The van der Waals surface area contributed by atoms with Crippen LogP contribution >= 0.6 is 244 Å². The van der Waals surface area contributed by atoms with Crippen molar-refractivity contribution in [3.05, 3.63) is 65.1 Å². The van der Waals surface area contributed by atoms with Crippen molar-refractivity contribution in [1.29, 1.82) is 0 Å². The fraction of sp³-hybridized carbons (Fsp3) is 0.600. The second-order valence-corrected chi connectivity index (χ2v) is 24.9. The van der Waals surface area contributed by atoms with Crippen LogP contribution in [0.5, 0.6) is 0 Å². The second-order valence-electron chi connectivity index (χ2n) is 13.7. The number of hydrogen-bond donors (Lipinski definition) is 0. The molecule has 282 valence electrons. The number of hydrogen-bond acceptors (Lipinski definition) is 0. The Labute approximate surface area is 398 Å². The third-order valence-corrected chi connectivity index (χ3v) is 26.6. The summed E-state index contributed by atoms with van der Waals surface area (Å²) in [6.45, 7) is 0. The first kappa shape index (κ1) is 43.6. The van der Waals surface area contributed by atoms with Gasteiger partial charge in [0.15, 0.2) is 13.0 Å². The molecule has 3 fully saturated rings. The minimum atomic E-state index is -1.88. The molecule has 6 aliphatic rings. The Bertz CT molecular complexity index is 1650. The molecule has 0 N–H and O–H groups in total. The largest absolute Gasteiger partial charge is 0.168 e. The van der Waals surface area contributed by atoms with Crippen LogP contribution in [-0.4, -0.2) is 58.4 Å². The lowest BCUT2D eigenvalue weighted by atomic mass is 9.81. The lowest BCUT2D eigenvalue weighted by Gasteiger charge is -2.36. The molecule has 12 atom stereocenters. The lowest BCUT2D eigenvalue weighted by Crippen LogP contribution is -2.45. The van der Waals surface area contributed by atoms with Gasteiger partial charge in [-0.05, 0) is 36.0 Å². The van der Waals surface area contributed by atoms with E-state index in [2.05, 4.69) is 0 Å². The normalized spacial score (nSPS) is 48.6. The molecule has 12 unspecified atom stereocenters. The zero-order chi connectivity index (χ0) is 38.4. The smallest absolute Gasteiger partial charge is 0.120 e. The fourth-order valence-electron chi connectivity index (χ4n) is 8.77. The van der Waals surface area contributed by atoms with Crippen LogP contribution in [0, 0.1) is 17.8 Å². The Kier molecular flexibility index (Phi) is 11.1. The number of allylic oxidation sites excluding steroid dienone is 6. The van der Waals surface area contributed by atoms with Gasteiger partial charge in [-0.3, -0.25) is 0 Å². The van der Waals surface area contributed by atoms with Gasteiger partial charge < -0.3 is 0 Å². The zero-order valence-corrected chi connectivity index (χ0v) is 40.1. The highest BCUT2D eigenvalue weighted by molar-refractivity contribution is 6.69. The van der Waals surface area contributed by atoms with E-state index >= 15 is 0 Å². The van der Waals surface area contributed by atoms with Crippen LogP contribution in [0.25, 0.3) is 0 Å². The third-order valence-electron chi connectivity index (χ3n) is 11.4. The van der Waals surface area contributed by atoms with Gasteiger partial charge in [0.25, 0.3) is 0 Å². The van der Waals surface area contributed by atoms with Crippen LogP contribution in [-0.2, 0) is 19.3 Å². The molecule has 7 rings (SSSR count). The molecule has 6 bridgehead atoms. The van der Waals surface area contributed by atoms with Crippen molar-refractivity contribution >= 4 is 244 Å². The summed E-state index contributed by atoms with van der Waals surface area (Å²) >= 11 is 144. The van der Waals surface area contributed by atoms with E-state index in [0.29, 0.717) is 16.7 Å². The Morgan fingerprint density at radius 3 is 0.686 bits per heavy atom. The Hall–Kier alpha value is 4.53. The molecular weight excluding hydrogens is 1100 g/mol. The van der Waals surface area contributed by atoms with Gasteiger partial charge in [0.05, 0.1) is 46.3 Å². The molecule has 0 aromatic heterocycles. The molecule has 0 heterocycles. The molecule has 0 amide bonds. The van der Waals surface area contributed by atoms with E-state index in [1.54, 1.807) is 0 Å². The monoisotopic (exact) mass is 1110 g/mol. The number of alkyl halides is 15. The van der Waals surface area contributed by atoms with E-state index < -0.39 is 76.1 Å². The highest BCUT2D eigenvalue weighted by atomic mass is 35.5. The molecule has 0 nitrogen and oxygen atoms in total. The number of benzene rings is 1. The van der Waals surface area contributed by atoms with Crippen LogP contribution in [0.4, 0.5) is 0 Å². The maximum atomic E-state index is 7.17. The highest BCUT2D eigenvalue weighted by Crippen LogP contribution is 2.78. The van der Waals surface area contributed by atoms with Crippen LogP contribution in [0.2, 0.25) is 0 Å². The Morgan fingerprint density at radius 1 is 0.333 bits per heavy atom. The quantitative estimate of drug-likeness (QED) is 0.249. The third kappa shape index (κ3) is 4.72. The standard InChI is InChI=1S/C30H15Cl21/c31-13-10(22(40)16(34)19(37)25(13,43)28(22,46)47)4-7-1-8(5-11-14(32)26(44)20(38)17(35)23(11,41)29(26,48)49)3-9(2-7)6-12-15(33)27(45)21(39)18(36)24(12,42)30(27,50)51/h1-3,10-15H,4-6H2. The predicted octanol–water partition coefficient (Wildman–Crippen LogP) is 15.5. The first-order valence-corrected chi connectivity index (χ1v) is 22.7. The van der Waals surface area contributed by atoms with E-state index in [9.17, 15) is 0 Å². The summed E-state index contributed by atoms with van der Waals surface area (Å²) < 4.78 is -5.63.